The molecule has 2 aromatic carbocycles. The lowest BCUT2D eigenvalue weighted by Gasteiger charge is -2.26. The fraction of sp³-hybridized carbons (Fsp3) is 0.235. The summed E-state index contributed by atoms with van der Waals surface area (Å²) < 4.78 is 18.9. The van der Waals surface area contributed by atoms with Crippen LogP contribution in [0.4, 0.5) is 4.39 Å². The number of nitrogens with one attached hydrogen (secondary N) is 1. The van der Waals surface area contributed by atoms with Crippen LogP contribution in [-0.4, -0.2) is 23.9 Å². The summed E-state index contributed by atoms with van der Waals surface area (Å²) in [4.78, 5) is 13.1. The van der Waals surface area contributed by atoms with Crippen LogP contribution in [0.2, 0.25) is 0 Å². The Morgan fingerprint density at radius 3 is 2.91 bits per heavy atom. The molecule has 0 unspecified atom stereocenters. The first-order valence-electron chi connectivity index (χ1n) is 7.20. The minimum atomic E-state index is -0.409. The van der Waals surface area contributed by atoms with E-state index in [1.807, 2.05) is 6.07 Å². The highest BCUT2D eigenvalue weighted by Gasteiger charge is 2.26. The highest BCUT2D eigenvalue weighted by Crippen LogP contribution is 2.38. The predicted octanol–water partition coefficient (Wildman–Crippen LogP) is 3.51. The number of methoxy groups -OCH3 is 1. The number of amides is 1. The van der Waals surface area contributed by atoms with Crippen molar-refractivity contribution in [2.45, 2.75) is 17.4 Å². The average Bonchev–Trinajstić information content (AvgIpc) is 2.56. The smallest absolute Gasteiger partial charge is 0.255 e. The lowest BCUT2D eigenvalue weighted by molar-refractivity contribution is 0.0931. The number of phenolic OH excluding ortho intramolecular Hbond substituents is 1. The second-order valence-corrected chi connectivity index (χ2v) is 6.28. The number of phenols is 1. The summed E-state index contributed by atoms with van der Waals surface area (Å²) in [7, 11) is 1.42. The minimum Gasteiger partial charge on any atom is -0.504 e. The van der Waals surface area contributed by atoms with E-state index in [1.165, 1.54) is 31.0 Å². The molecule has 2 aromatic rings. The summed E-state index contributed by atoms with van der Waals surface area (Å²) in [6.07, 6.45) is 0.706. The third-order valence-electron chi connectivity index (χ3n) is 3.79. The van der Waals surface area contributed by atoms with Crippen molar-refractivity contribution in [1.82, 2.24) is 5.32 Å². The summed E-state index contributed by atoms with van der Waals surface area (Å²) in [6.45, 7) is 0. The first-order chi connectivity index (χ1) is 11.1. The van der Waals surface area contributed by atoms with Gasteiger partial charge >= 0.3 is 0 Å². The molecule has 1 atom stereocenters. The molecule has 23 heavy (non-hydrogen) atoms. The molecule has 120 valence electrons. The van der Waals surface area contributed by atoms with Gasteiger partial charge in [0.1, 0.15) is 5.82 Å². The van der Waals surface area contributed by atoms with Crippen molar-refractivity contribution in [3.8, 4) is 11.5 Å². The van der Waals surface area contributed by atoms with Crippen molar-refractivity contribution >= 4 is 17.7 Å². The molecule has 6 heteroatoms. The molecule has 0 aliphatic carbocycles. The Balaban J connectivity index is 1.87. The Morgan fingerprint density at radius 2 is 2.13 bits per heavy atom. The quantitative estimate of drug-likeness (QED) is 0.902. The molecule has 3 rings (SSSR count). The van der Waals surface area contributed by atoms with Crippen molar-refractivity contribution in [3.05, 3.63) is 53.3 Å². The summed E-state index contributed by atoms with van der Waals surface area (Å²) >= 11 is 1.46. The van der Waals surface area contributed by atoms with E-state index in [1.54, 1.807) is 18.2 Å². The number of carbonyl (C=O) groups excluding carboxylic acids is 1. The maximum absolute atomic E-state index is 13.9. The number of carbonyl (C=O) groups is 1. The molecular weight excluding hydrogens is 317 g/mol. The van der Waals surface area contributed by atoms with E-state index in [4.69, 9.17) is 4.74 Å². The van der Waals surface area contributed by atoms with Gasteiger partial charge in [-0.1, -0.05) is 18.2 Å². The van der Waals surface area contributed by atoms with Gasteiger partial charge in [-0.05, 0) is 30.2 Å². The molecule has 1 heterocycles. The van der Waals surface area contributed by atoms with Crippen LogP contribution < -0.4 is 10.1 Å². The van der Waals surface area contributed by atoms with Gasteiger partial charge in [0.25, 0.3) is 5.91 Å². The Kier molecular flexibility index (Phi) is 4.43. The first-order valence-corrected chi connectivity index (χ1v) is 8.18. The summed E-state index contributed by atoms with van der Waals surface area (Å²) in [6, 6.07) is 9.34. The molecule has 0 fully saturated rings. The summed E-state index contributed by atoms with van der Waals surface area (Å²) in [5.41, 5.74) is 0.914. The van der Waals surface area contributed by atoms with Crippen LogP contribution in [0.15, 0.2) is 41.3 Å². The number of para-hydroxylation sites is 1. The Bertz CT molecular complexity index is 751. The van der Waals surface area contributed by atoms with Crippen LogP contribution in [0.3, 0.4) is 0 Å². The second kappa shape index (κ2) is 6.50. The van der Waals surface area contributed by atoms with E-state index >= 15 is 0 Å². The number of hydrogen-bond donors (Lipinski definition) is 2. The van der Waals surface area contributed by atoms with Gasteiger partial charge in [-0.25, -0.2) is 4.39 Å². The lowest BCUT2D eigenvalue weighted by Crippen LogP contribution is -2.31. The number of rotatable bonds is 3. The van der Waals surface area contributed by atoms with Crippen molar-refractivity contribution < 1.29 is 19.0 Å². The van der Waals surface area contributed by atoms with Gasteiger partial charge in [-0.15, -0.1) is 11.8 Å². The van der Waals surface area contributed by atoms with E-state index in [2.05, 4.69) is 5.32 Å². The van der Waals surface area contributed by atoms with E-state index in [0.717, 1.165) is 11.3 Å². The zero-order valence-electron chi connectivity index (χ0n) is 12.5. The maximum Gasteiger partial charge on any atom is 0.255 e. The SMILES string of the molecule is COc1cccc(C(=O)N[C@H]2CCSc3c(F)cccc32)c1O. The van der Waals surface area contributed by atoms with Crippen LogP contribution in [0.25, 0.3) is 0 Å². The molecule has 1 amide bonds. The average molecular weight is 333 g/mol. The van der Waals surface area contributed by atoms with Crippen LogP contribution in [0, 0.1) is 5.82 Å². The van der Waals surface area contributed by atoms with E-state index in [9.17, 15) is 14.3 Å². The molecule has 0 radical (unpaired) electrons. The van der Waals surface area contributed by atoms with Gasteiger partial charge in [0.05, 0.1) is 18.7 Å². The van der Waals surface area contributed by atoms with Crippen molar-refractivity contribution in [3.63, 3.8) is 0 Å². The van der Waals surface area contributed by atoms with Gasteiger partial charge < -0.3 is 15.2 Å². The number of thioether (sulfide) groups is 1. The van der Waals surface area contributed by atoms with Crippen LogP contribution in [0.5, 0.6) is 11.5 Å². The minimum absolute atomic E-state index is 0.139. The fourth-order valence-electron chi connectivity index (χ4n) is 2.64. The van der Waals surface area contributed by atoms with E-state index in [-0.39, 0.29) is 28.9 Å². The molecule has 0 saturated heterocycles. The van der Waals surface area contributed by atoms with Crippen molar-refractivity contribution in [2.75, 3.05) is 12.9 Å². The van der Waals surface area contributed by atoms with Crippen LogP contribution in [0.1, 0.15) is 28.4 Å². The Morgan fingerprint density at radius 1 is 1.35 bits per heavy atom. The molecule has 4 nitrogen and oxygen atoms in total. The third-order valence-corrected chi connectivity index (χ3v) is 4.95. The van der Waals surface area contributed by atoms with Crippen molar-refractivity contribution in [2.24, 2.45) is 0 Å². The normalized spacial score (nSPS) is 16.5. The summed E-state index contributed by atoms with van der Waals surface area (Å²) in [5, 5.41) is 13.0. The second-order valence-electron chi connectivity index (χ2n) is 5.18. The molecule has 0 spiro atoms. The Labute approximate surface area is 137 Å². The molecule has 2 N–H and O–H groups in total. The Hall–Kier alpha value is -2.21. The highest BCUT2D eigenvalue weighted by atomic mass is 32.2. The van der Waals surface area contributed by atoms with Gasteiger partial charge in [-0.2, -0.15) is 0 Å². The number of ether oxygens (including phenoxy) is 1. The topological polar surface area (TPSA) is 58.6 Å². The summed E-state index contributed by atoms with van der Waals surface area (Å²) in [5.74, 6) is 0.0906. The highest BCUT2D eigenvalue weighted by molar-refractivity contribution is 7.99. The fourth-order valence-corrected chi connectivity index (χ4v) is 3.78. The van der Waals surface area contributed by atoms with Gasteiger partial charge in [0.2, 0.25) is 0 Å². The van der Waals surface area contributed by atoms with Crippen LogP contribution >= 0.6 is 11.8 Å². The predicted molar refractivity (Wildman–Crippen MR) is 86.6 cm³/mol. The number of halogens is 1. The third kappa shape index (κ3) is 2.99. The van der Waals surface area contributed by atoms with Gasteiger partial charge in [0.15, 0.2) is 11.5 Å². The number of hydrogen-bond acceptors (Lipinski definition) is 4. The molecule has 0 aromatic heterocycles. The number of benzene rings is 2. The maximum atomic E-state index is 13.9. The molecule has 0 bridgehead atoms. The number of fused-ring (bicyclic) bond motifs is 1. The number of aromatic hydroxyl groups is 1. The van der Waals surface area contributed by atoms with Gasteiger partial charge in [0, 0.05) is 10.6 Å². The first kappa shape index (κ1) is 15.7. The molecule has 1 aliphatic rings. The van der Waals surface area contributed by atoms with Crippen LogP contribution in [-0.2, 0) is 0 Å². The molecular formula is C17H16FNO3S. The standard InChI is InChI=1S/C17H16FNO3S/c1-22-14-7-3-5-11(15(14)20)17(21)19-13-8-9-23-16-10(13)4-2-6-12(16)18/h2-7,13,20H,8-9H2,1H3,(H,19,21)/t13-/m0/s1. The zero-order valence-corrected chi connectivity index (χ0v) is 13.3. The van der Waals surface area contributed by atoms with Gasteiger partial charge in [-0.3, -0.25) is 4.79 Å². The molecule has 1 aliphatic heterocycles. The monoisotopic (exact) mass is 333 g/mol. The molecule has 0 saturated carbocycles. The zero-order chi connectivity index (χ0) is 16.4. The largest absolute Gasteiger partial charge is 0.504 e. The lowest BCUT2D eigenvalue weighted by atomic mass is 10.0. The van der Waals surface area contributed by atoms with E-state index < -0.39 is 5.91 Å². The van der Waals surface area contributed by atoms with E-state index in [0.29, 0.717) is 11.3 Å². The van der Waals surface area contributed by atoms with Crippen molar-refractivity contribution in [1.29, 1.82) is 0 Å².